The van der Waals surface area contributed by atoms with Crippen LogP contribution >= 0.6 is 0 Å². The maximum atomic E-state index is 12.6. The molecule has 0 aromatic carbocycles. The van der Waals surface area contributed by atoms with Gasteiger partial charge in [0.05, 0.1) is 12.6 Å². The molecule has 0 aromatic rings. The van der Waals surface area contributed by atoms with Crippen molar-refractivity contribution in [2.24, 2.45) is 17.8 Å². The maximum absolute atomic E-state index is 12.6. The monoisotopic (exact) mass is 309 g/mol. The van der Waals surface area contributed by atoms with Crippen LogP contribution in [0.2, 0.25) is 0 Å². The Balaban J connectivity index is 1.61. The van der Waals surface area contributed by atoms with Crippen LogP contribution in [0.4, 0.5) is 4.79 Å². The molecule has 22 heavy (non-hydrogen) atoms. The average molecular weight is 309 g/mol. The molecule has 1 amide bonds. The molecular formula is C17H27NO4. The molecule has 0 bridgehead atoms. The first-order chi connectivity index (χ1) is 10.2. The van der Waals surface area contributed by atoms with E-state index in [0.717, 1.165) is 18.3 Å². The summed E-state index contributed by atoms with van der Waals surface area (Å²) in [5.41, 5.74) is -1.27. The smallest absolute Gasteiger partial charge is 0.408 e. The summed E-state index contributed by atoms with van der Waals surface area (Å²) >= 11 is 0. The fourth-order valence-electron chi connectivity index (χ4n) is 3.89. The van der Waals surface area contributed by atoms with E-state index in [9.17, 15) is 9.59 Å². The first-order valence-electron chi connectivity index (χ1n) is 8.37. The molecule has 3 rings (SSSR count). The highest BCUT2D eigenvalue weighted by Gasteiger charge is 2.56. The normalized spacial score (nSPS) is 37.2. The van der Waals surface area contributed by atoms with Gasteiger partial charge in [0.1, 0.15) is 11.2 Å². The molecular weight excluding hydrogens is 282 g/mol. The van der Waals surface area contributed by atoms with Crippen LogP contribution in [0, 0.1) is 17.8 Å². The van der Waals surface area contributed by atoms with E-state index in [1.807, 2.05) is 20.8 Å². The third kappa shape index (κ3) is 3.29. The third-order valence-electron chi connectivity index (χ3n) is 5.20. The predicted octanol–water partition coefficient (Wildman–Crippen LogP) is 2.67. The van der Waals surface area contributed by atoms with Gasteiger partial charge in [0.2, 0.25) is 0 Å². The summed E-state index contributed by atoms with van der Waals surface area (Å²) in [7, 11) is 0. The Kier molecular flexibility index (Phi) is 3.75. The van der Waals surface area contributed by atoms with Crippen molar-refractivity contribution in [3.8, 4) is 0 Å². The number of Topliss-reactive ketones (excluding diaryl/α,β-unsaturated/α-hetero) is 1. The first kappa shape index (κ1) is 15.8. The number of carbonyl (C=O) groups is 2. The van der Waals surface area contributed by atoms with Crippen LogP contribution in [0.25, 0.3) is 0 Å². The lowest BCUT2D eigenvalue weighted by molar-refractivity contribution is -0.126. The lowest BCUT2D eigenvalue weighted by Crippen LogP contribution is -2.48. The van der Waals surface area contributed by atoms with Crippen molar-refractivity contribution in [3.05, 3.63) is 0 Å². The summed E-state index contributed by atoms with van der Waals surface area (Å²) in [5, 5.41) is 2.79. The van der Waals surface area contributed by atoms with Crippen molar-refractivity contribution in [3.63, 3.8) is 0 Å². The van der Waals surface area contributed by atoms with Gasteiger partial charge in [0.15, 0.2) is 5.78 Å². The fraction of sp³-hybridized carbons (Fsp3) is 0.882. The number of hydrogen-bond donors (Lipinski definition) is 1. The van der Waals surface area contributed by atoms with Gasteiger partial charge in [0, 0.05) is 0 Å². The van der Waals surface area contributed by atoms with Crippen LogP contribution in [0.15, 0.2) is 0 Å². The third-order valence-corrected chi connectivity index (χ3v) is 5.20. The van der Waals surface area contributed by atoms with E-state index in [1.54, 1.807) is 6.92 Å². The zero-order valence-corrected chi connectivity index (χ0v) is 14.0. The van der Waals surface area contributed by atoms with Gasteiger partial charge < -0.3 is 14.8 Å². The summed E-state index contributed by atoms with van der Waals surface area (Å²) in [6.07, 6.45) is 4.07. The van der Waals surface area contributed by atoms with E-state index in [1.165, 1.54) is 19.3 Å². The zero-order chi connectivity index (χ0) is 16.1. The highest BCUT2D eigenvalue weighted by atomic mass is 16.6. The minimum absolute atomic E-state index is 0.0108. The summed E-state index contributed by atoms with van der Waals surface area (Å²) in [6.45, 7) is 7.71. The number of amides is 1. The predicted molar refractivity (Wildman–Crippen MR) is 81.5 cm³/mol. The molecule has 5 atom stereocenters. The molecule has 1 heterocycles. The van der Waals surface area contributed by atoms with E-state index >= 15 is 0 Å². The van der Waals surface area contributed by atoms with Gasteiger partial charge in [-0.2, -0.15) is 0 Å². The molecule has 1 saturated heterocycles. The molecule has 2 saturated carbocycles. The van der Waals surface area contributed by atoms with Gasteiger partial charge in [-0.05, 0) is 64.7 Å². The number of hydrogen-bond acceptors (Lipinski definition) is 4. The quantitative estimate of drug-likeness (QED) is 0.793. The first-order valence-corrected chi connectivity index (χ1v) is 8.37. The molecule has 2 aliphatic carbocycles. The minimum Gasteiger partial charge on any atom is -0.444 e. The molecule has 124 valence electrons. The molecule has 1 aliphatic heterocycles. The van der Waals surface area contributed by atoms with Gasteiger partial charge in [0.25, 0.3) is 0 Å². The van der Waals surface area contributed by atoms with Gasteiger partial charge >= 0.3 is 6.09 Å². The van der Waals surface area contributed by atoms with Crippen LogP contribution in [0.3, 0.4) is 0 Å². The van der Waals surface area contributed by atoms with Crippen molar-refractivity contribution in [2.75, 3.05) is 6.61 Å². The SMILES string of the molecule is CC(C)(C)OC(=O)N[C@@H](C[C@H]1[C@@H]2CCC[C@@H]21)C(=O)[C@@]1(C)CO1. The molecule has 0 radical (unpaired) electrons. The molecule has 0 aromatic heterocycles. The minimum atomic E-state index is -0.705. The molecule has 5 nitrogen and oxygen atoms in total. The van der Waals surface area contributed by atoms with Crippen LogP contribution < -0.4 is 5.32 Å². The largest absolute Gasteiger partial charge is 0.444 e. The highest BCUT2D eigenvalue weighted by molar-refractivity contribution is 5.95. The Labute approximate surface area is 132 Å². The fourth-order valence-corrected chi connectivity index (χ4v) is 3.89. The number of rotatable bonds is 5. The Morgan fingerprint density at radius 3 is 2.41 bits per heavy atom. The van der Waals surface area contributed by atoms with Crippen molar-refractivity contribution >= 4 is 11.9 Å². The molecule has 5 heteroatoms. The summed E-state index contributed by atoms with van der Waals surface area (Å²) in [6, 6.07) is -0.488. The van der Waals surface area contributed by atoms with Gasteiger partial charge in [-0.1, -0.05) is 6.42 Å². The van der Waals surface area contributed by atoms with Crippen LogP contribution in [-0.2, 0) is 14.3 Å². The number of alkyl carbamates (subject to hydrolysis) is 1. The summed E-state index contributed by atoms with van der Waals surface area (Å²) in [4.78, 5) is 24.7. The Hall–Kier alpha value is -1.10. The van der Waals surface area contributed by atoms with E-state index in [2.05, 4.69) is 5.32 Å². The number of epoxide rings is 1. The second-order valence-corrected chi connectivity index (χ2v) is 8.24. The van der Waals surface area contributed by atoms with E-state index in [4.69, 9.17) is 9.47 Å². The van der Waals surface area contributed by atoms with Crippen LogP contribution in [-0.4, -0.2) is 35.7 Å². The Morgan fingerprint density at radius 1 is 1.32 bits per heavy atom. The molecule has 1 N–H and O–H groups in total. The number of ketones is 1. The number of ether oxygens (including phenoxy) is 2. The number of carbonyl (C=O) groups excluding carboxylic acids is 2. The number of nitrogens with one attached hydrogen (secondary N) is 1. The zero-order valence-electron chi connectivity index (χ0n) is 14.0. The van der Waals surface area contributed by atoms with Gasteiger partial charge in [-0.3, -0.25) is 4.79 Å². The number of fused-ring (bicyclic) bond motifs is 1. The molecule has 3 fully saturated rings. The lowest BCUT2D eigenvalue weighted by atomic mass is 9.94. The lowest BCUT2D eigenvalue weighted by Gasteiger charge is -2.24. The average Bonchev–Trinajstić information content (AvgIpc) is 3.22. The van der Waals surface area contributed by atoms with E-state index < -0.39 is 23.3 Å². The molecule has 3 aliphatic rings. The topological polar surface area (TPSA) is 67.9 Å². The summed E-state index contributed by atoms with van der Waals surface area (Å²) in [5.74, 6) is 2.11. The van der Waals surface area contributed by atoms with Crippen LogP contribution in [0.1, 0.15) is 53.4 Å². The van der Waals surface area contributed by atoms with Gasteiger partial charge in [-0.15, -0.1) is 0 Å². The van der Waals surface area contributed by atoms with Crippen molar-refractivity contribution in [1.29, 1.82) is 0 Å². The van der Waals surface area contributed by atoms with E-state index in [0.29, 0.717) is 12.5 Å². The standard InChI is InChI=1S/C17H27NO4/c1-16(2,3)22-15(20)18-13(14(19)17(4)9-21-17)8-12-10-6-5-7-11(10)12/h10-13H,5-9H2,1-4H3,(H,18,20)/t10-,11+,12+,13-,17+/m0/s1. The second kappa shape index (κ2) is 5.22. The Morgan fingerprint density at radius 2 is 1.91 bits per heavy atom. The van der Waals surface area contributed by atoms with Gasteiger partial charge in [-0.25, -0.2) is 4.79 Å². The van der Waals surface area contributed by atoms with Crippen LogP contribution in [0.5, 0.6) is 0 Å². The van der Waals surface area contributed by atoms with Crippen molar-refractivity contribution in [1.82, 2.24) is 5.32 Å². The van der Waals surface area contributed by atoms with Crippen molar-refractivity contribution in [2.45, 2.75) is 70.6 Å². The summed E-state index contributed by atoms with van der Waals surface area (Å²) < 4.78 is 10.6. The molecule has 0 spiro atoms. The van der Waals surface area contributed by atoms with E-state index in [-0.39, 0.29) is 5.78 Å². The van der Waals surface area contributed by atoms with Crippen molar-refractivity contribution < 1.29 is 19.1 Å². The second-order valence-electron chi connectivity index (χ2n) is 8.24. The Bertz CT molecular complexity index is 468. The maximum Gasteiger partial charge on any atom is 0.408 e. The molecule has 0 unspecified atom stereocenters. The highest BCUT2D eigenvalue weighted by Crippen LogP contribution is 2.59.